The van der Waals surface area contributed by atoms with Crippen LogP contribution in [0.5, 0.6) is 10.9 Å². The van der Waals surface area contributed by atoms with Crippen molar-refractivity contribution in [1.82, 2.24) is 10.2 Å². The van der Waals surface area contributed by atoms with Crippen LogP contribution >= 0.6 is 27.3 Å². The quantitative estimate of drug-likeness (QED) is 0.848. The van der Waals surface area contributed by atoms with Crippen LogP contribution in [0.25, 0.3) is 0 Å². The Morgan fingerprint density at radius 1 is 1.40 bits per heavy atom. The molecular weight excluding hydrogens is 283 g/mol. The molecule has 0 saturated heterocycles. The van der Waals surface area contributed by atoms with Crippen LogP contribution in [0.1, 0.15) is 5.56 Å². The molecule has 0 radical (unpaired) electrons. The molecule has 78 valence electrons. The van der Waals surface area contributed by atoms with Gasteiger partial charge in [0.05, 0.1) is 0 Å². The summed E-state index contributed by atoms with van der Waals surface area (Å²) in [6.45, 7) is 1.86. The number of aromatic nitrogens is 2. The highest BCUT2D eigenvalue weighted by molar-refractivity contribution is 9.11. The van der Waals surface area contributed by atoms with Crippen molar-refractivity contribution < 1.29 is 9.13 Å². The fourth-order valence-electron chi connectivity index (χ4n) is 1.02. The van der Waals surface area contributed by atoms with Crippen LogP contribution in [0, 0.1) is 12.7 Å². The summed E-state index contributed by atoms with van der Waals surface area (Å²) < 4.78 is 19.1. The summed E-state index contributed by atoms with van der Waals surface area (Å²) >= 11 is 4.35. The third-order valence-electron chi connectivity index (χ3n) is 1.67. The van der Waals surface area contributed by atoms with E-state index >= 15 is 0 Å². The highest BCUT2D eigenvalue weighted by atomic mass is 79.9. The second-order valence-electron chi connectivity index (χ2n) is 2.86. The van der Waals surface area contributed by atoms with E-state index < -0.39 is 5.82 Å². The van der Waals surface area contributed by atoms with Gasteiger partial charge in [0.2, 0.25) is 0 Å². The van der Waals surface area contributed by atoms with Gasteiger partial charge in [-0.05, 0) is 51.9 Å². The molecule has 0 aliphatic carbocycles. The van der Waals surface area contributed by atoms with Crippen LogP contribution in [0.4, 0.5) is 4.39 Å². The van der Waals surface area contributed by atoms with Crippen molar-refractivity contribution in [2.45, 2.75) is 6.92 Å². The standard InChI is InChI=1S/C9H6BrFN2OS/c1-5-2-3-6(11)7(4-5)14-9-13-12-8(10)15-9/h2-4H,1H3. The Kier molecular flexibility index (Phi) is 2.97. The van der Waals surface area contributed by atoms with Crippen LogP contribution in [-0.2, 0) is 0 Å². The van der Waals surface area contributed by atoms with Crippen molar-refractivity contribution in [1.29, 1.82) is 0 Å². The summed E-state index contributed by atoms with van der Waals surface area (Å²) in [5.74, 6) is -0.245. The van der Waals surface area contributed by atoms with Gasteiger partial charge in [-0.2, -0.15) is 0 Å². The molecule has 0 fully saturated rings. The average Bonchev–Trinajstić information content (AvgIpc) is 2.58. The molecule has 1 aromatic heterocycles. The zero-order valence-electron chi connectivity index (χ0n) is 7.70. The van der Waals surface area contributed by atoms with Gasteiger partial charge in [0, 0.05) is 0 Å². The predicted molar refractivity (Wildman–Crippen MR) is 58.8 cm³/mol. The lowest BCUT2D eigenvalue weighted by Gasteiger charge is -2.02. The maximum atomic E-state index is 13.3. The van der Waals surface area contributed by atoms with E-state index in [1.807, 2.05) is 6.92 Å². The molecule has 6 heteroatoms. The van der Waals surface area contributed by atoms with Crippen LogP contribution < -0.4 is 4.74 Å². The van der Waals surface area contributed by atoms with Crippen molar-refractivity contribution in [3.63, 3.8) is 0 Å². The first-order valence-electron chi connectivity index (χ1n) is 4.08. The number of halogens is 2. The number of rotatable bonds is 2. The van der Waals surface area contributed by atoms with Gasteiger partial charge in [-0.1, -0.05) is 11.2 Å². The molecule has 0 spiro atoms. The summed E-state index contributed by atoms with van der Waals surface area (Å²) in [6, 6.07) is 4.66. The van der Waals surface area contributed by atoms with Crippen molar-refractivity contribution in [2.75, 3.05) is 0 Å². The number of nitrogens with zero attached hydrogens (tertiary/aromatic N) is 2. The average molecular weight is 289 g/mol. The zero-order valence-corrected chi connectivity index (χ0v) is 10.1. The summed E-state index contributed by atoms with van der Waals surface area (Å²) in [5.41, 5.74) is 0.926. The van der Waals surface area contributed by atoms with Gasteiger partial charge < -0.3 is 4.74 Å². The molecule has 0 unspecified atom stereocenters. The van der Waals surface area contributed by atoms with Crippen molar-refractivity contribution in [3.8, 4) is 10.9 Å². The third kappa shape index (κ3) is 2.51. The molecule has 2 aromatic rings. The topological polar surface area (TPSA) is 35.0 Å². The fraction of sp³-hybridized carbons (Fsp3) is 0.111. The first kappa shape index (κ1) is 10.5. The third-order valence-corrected chi connectivity index (χ3v) is 2.90. The number of aryl methyl sites for hydroxylation is 1. The normalized spacial score (nSPS) is 10.3. The predicted octanol–water partition coefficient (Wildman–Crippen LogP) is 3.54. The molecule has 0 bridgehead atoms. The molecule has 0 N–H and O–H groups in total. The van der Waals surface area contributed by atoms with Crippen molar-refractivity contribution in [3.05, 3.63) is 33.5 Å². The van der Waals surface area contributed by atoms with E-state index in [0.717, 1.165) is 5.56 Å². The van der Waals surface area contributed by atoms with E-state index in [1.165, 1.54) is 17.4 Å². The van der Waals surface area contributed by atoms with Gasteiger partial charge in [0.1, 0.15) is 0 Å². The monoisotopic (exact) mass is 288 g/mol. The van der Waals surface area contributed by atoms with Gasteiger partial charge in [0.15, 0.2) is 15.5 Å². The Balaban J connectivity index is 2.27. The summed E-state index contributed by atoms with van der Waals surface area (Å²) in [5, 5.41) is 7.73. The molecule has 0 aliphatic rings. The van der Waals surface area contributed by atoms with E-state index in [4.69, 9.17) is 4.74 Å². The second-order valence-corrected chi connectivity index (χ2v) is 5.07. The highest BCUT2D eigenvalue weighted by Crippen LogP contribution is 2.29. The molecule has 0 saturated carbocycles. The van der Waals surface area contributed by atoms with Gasteiger partial charge in [0.25, 0.3) is 5.19 Å². The van der Waals surface area contributed by atoms with E-state index in [1.54, 1.807) is 12.1 Å². The first-order valence-corrected chi connectivity index (χ1v) is 5.69. The second kappa shape index (κ2) is 4.24. The minimum Gasteiger partial charge on any atom is -0.427 e. The molecule has 1 aromatic carbocycles. The number of benzene rings is 1. The summed E-state index contributed by atoms with van der Waals surface area (Å²) in [6.07, 6.45) is 0. The summed E-state index contributed by atoms with van der Waals surface area (Å²) in [7, 11) is 0. The van der Waals surface area contributed by atoms with Crippen LogP contribution in [0.3, 0.4) is 0 Å². The molecule has 1 heterocycles. The van der Waals surface area contributed by atoms with Crippen LogP contribution in [0.2, 0.25) is 0 Å². The maximum absolute atomic E-state index is 13.3. The number of hydrogen-bond acceptors (Lipinski definition) is 4. The number of hydrogen-bond donors (Lipinski definition) is 0. The minimum absolute atomic E-state index is 0.165. The molecular formula is C9H6BrFN2OS. The van der Waals surface area contributed by atoms with Gasteiger partial charge in [-0.15, -0.1) is 5.10 Å². The van der Waals surface area contributed by atoms with Crippen molar-refractivity contribution >= 4 is 27.3 Å². The van der Waals surface area contributed by atoms with Gasteiger partial charge in [-0.25, -0.2) is 4.39 Å². The SMILES string of the molecule is Cc1ccc(F)c(Oc2nnc(Br)s2)c1. The molecule has 15 heavy (non-hydrogen) atoms. The Labute approximate surface area is 98.0 Å². The fourth-order valence-corrected chi connectivity index (χ4v) is 1.95. The molecule has 0 aliphatic heterocycles. The van der Waals surface area contributed by atoms with Gasteiger partial charge in [-0.3, -0.25) is 0 Å². The Bertz CT molecular complexity index is 489. The van der Waals surface area contributed by atoms with Crippen LogP contribution in [-0.4, -0.2) is 10.2 Å². The van der Waals surface area contributed by atoms with E-state index in [-0.39, 0.29) is 5.75 Å². The minimum atomic E-state index is -0.410. The lowest BCUT2D eigenvalue weighted by Crippen LogP contribution is -1.88. The van der Waals surface area contributed by atoms with E-state index in [2.05, 4.69) is 26.1 Å². The van der Waals surface area contributed by atoms with E-state index in [0.29, 0.717) is 9.11 Å². The maximum Gasteiger partial charge on any atom is 0.300 e. The van der Waals surface area contributed by atoms with Gasteiger partial charge >= 0.3 is 0 Å². The molecule has 3 nitrogen and oxygen atoms in total. The molecule has 0 atom stereocenters. The van der Waals surface area contributed by atoms with E-state index in [9.17, 15) is 4.39 Å². The number of ether oxygens (including phenoxy) is 1. The Morgan fingerprint density at radius 2 is 2.20 bits per heavy atom. The molecule has 0 amide bonds. The lowest BCUT2D eigenvalue weighted by atomic mass is 10.2. The molecule has 2 rings (SSSR count). The highest BCUT2D eigenvalue weighted by Gasteiger charge is 2.08. The van der Waals surface area contributed by atoms with Crippen molar-refractivity contribution in [2.24, 2.45) is 0 Å². The Hall–Kier alpha value is -1.01. The smallest absolute Gasteiger partial charge is 0.300 e. The zero-order chi connectivity index (χ0) is 10.8. The Morgan fingerprint density at radius 3 is 2.87 bits per heavy atom. The largest absolute Gasteiger partial charge is 0.427 e. The first-order chi connectivity index (χ1) is 7.15. The van der Waals surface area contributed by atoms with Crippen LogP contribution in [0.15, 0.2) is 22.1 Å². The lowest BCUT2D eigenvalue weighted by molar-refractivity contribution is 0.435. The summed E-state index contributed by atoms with van der Waals surface area (Å²) in [4.78, 5) is 0.